The number of pyridine rings is 1. The SMILES string of the molecule is CN(CCCNC(=O)C1=C(O)c2ncc(Cc3ccc(F)cc3)c3c2N(C1)CC(F)(F)CN3)CC(F)(F)F. The molecule has 206 valence electrons. The summed E-state index contributed by atoms with van der Waals surface area (Å²) in [4.78, 5) is 19.5. The first-order valence-electron chi connectivity index (χ1n) is 11.9. The molecule has 0 saturated heterocycles. The van der Waals surface area contributed by atoms with Crippen LogP contribution in [0.25, 0.3) is 5.76 Å². The lowest BCUT2D eigenvalue weighted by Crippen LogP contribution is -2.43. The van der Waals surface area contributed by atoms with Crippen molar-refractivity contribution in [2.75, 3.05) is 56.5 Å². The van der Waals surface area contributed by atoms with Crippen LogP contribution in [0.4, 0.5) is 37.7 Å². The summed E-state index contributed by atoms with van der Waals surface area (Å²) in [5, 5.41) is 16.2. The van der Waals surface area contributed by atoms with Gasteiger partial charge in [-0.25, -0.2) is 13.2 Å². The largest absolute Gasteiger partial charge is 0.505 e. The summed E-state index contributed by atoms with van der Waals surface area (Å²) in [6.45, 7) is -2.71. The maximum atomic E-state index is 14.7. The van der Waals surface area contributed by atoms with Gasteiger partial charge < -0.3 is 20.6 Å². The fourth-order valence-electron chi connectivity index (χ4n) is 4.57. The van der Waals surface area contributed by atoms with Crippen LogP contribution in [0.2, 0.25) is 0 Å². The van der Waals surface area contributed by atoms with E-state index >= 15 is 0 Å². The molecule has 13 heteroatoms. The average Bonchev–Trinajstić information content (AvgIpc) is 2.96. The Kier molecular flexibility index (Phi) is 7.77. The monoisotopic (exact) mass is 543 g/mol. The van der Waals surface area contributed by atoms with Crippen molar-refractivity contribution in [2.24, 2.45) is 0 Å². The van der Waals surface area contributed by atoms with E-state index in [9.17, 15) is 36.2 Å². The maximum absolute atomic E-state index is 14.7. The highest BCUT2D eigenvalue weighted by atomic mass is 19.4. The van der Waals surface area contributed by atoms with Gasteiger partial charge in [0.15, 0.2) is 5.76 Å². The van der Waals surface area contributed by atoms with Gasteiger partial charge >= 0.3 is 6.18 Å². The number of amides is 1. The van der Waals surface area contributed by atoms with Crippen molar-refractivity contribution >= 4 is 23.0 Å². The Morgan fingerprint density at radius 2 is 1.97 bits per heavy atom. The third kappa shape index (κ3) is 6.50. The molecule has 7 nitrogen and oxygen atoms in total. The zero-order valence-corrected chi connectivity index (χ0v) is 20.5. The summed E-state index contributed by atoms with van der Waals surface area (Å²) in [6, 6.07) is 5.73. The molecule has 2 aromatic rings. The van der Waals surface area contributed by atoms with Crippen LogP contribution in [-0.4, -0.2) is 79.3 Å². The number of carbonyl (C=O) groups excluding carboxylic acids is 1. The Bertz CT molecular complexity index is 1220. The number of alkyl halides is 5. The first-order valence-corrected chi connectivity index (χ1v) is 11.9. The molecule has 0 aliphatic carbocycles. The molecule has 3 N–H and O–H groups in total. The summed E-state index contributed by atoms with van der Waals surface area (Å²) >= 11 is 0. The highest BCUT2D eigenvalue weighted by Gasteiger charge is 2.41. The Morgan fingerprint density at radius 1 is 1.26 bits per heavy atom. The van der Waals surface area contributed by atoms with Crippen molar-refractivity contribution < 1.29 is 36.2 Å². The van der Waals surface area contributed by atoms with Gasteiger partial charge in [0, 0.05) is 24.7 Å². The molecule has 0 fully saturated rings. The quantitative estimate of drug-likeness (QED) is 0.346. The number of carbonyl (C=O) groups is 1. The van der Waals surface area contributed by atoms with Gasteiger partial charge in [0.1, 0.15) is 11.5 Å². The number of benzene rings is 1. The molecule has 2 aliphatic rings. The summed E-state index contributed by atoms with van der Waals surface area (Å²) in [5.41, 5.74) is 1.67. The fraction of sp³-hybridized carbons (Fsp3) is 0.440. The van der Waals surface area contributed by atoms with Crippen molar-refractivity contribution in [3.63, 3.8) is 0 Å². The van der Waals surface area contributed by atoms with Gasteiger partial charge in [-0.3, -0.25) is 14.7 Å². The van der Waals surface area contributed by atoms with Crippen LogP contribution in [0, 0.1) is 5.82 Å². The molecule has 0 saturated carbocycles. The molecule has 1 amide bonds. The second-order valence-corrected chi connectivity index (χ2v) is 9.51. The minimum absolute atomic E-state index is 0.0255. The van der Waals surface area contributed by atoms with Crippen LogP contribution in [0.1, 0.15) is 23.2 Å². The highest BCUT2D eigenvalue weighted by molar-refractivity contribution is 6.04. The minimum atomic E-state index is -4.33. The van der Waals surface area contributed by atoms with Gasteiger partial charge in [0.2, 0.25) is 0 Å². The molecule has 1 aromatic carbocycles. The fourth-order valence-corrected chi connectivity index (χ4v) is 4.57. The van der Waals surface area contributed by atoms with Gasteiger partial charge in [-0.15, -0.1) is 0 Å². The molecule has 2 aliphatic heterocycles. The number of hydrogen-bond donors (Lipinski definition) is 3. The van der Waals surface area contributed by atoms with Crippen LogP contribution in [0.5, 0.6) is 0 Å². The van der Waals surface area contributed by atoms with Crippen molar-refractivity contribution in [3.8, 4) is 0 Å². The average molecular weight is 544 g/mol. The number of halogens is 6. The van der Waals surface area contributed by atoms with Gasteiger partial charge in [0.25, 0.3) is 11.8 Å². The molecule has 0 atom stereocenters. The van der Waals surface area contributed by atoms with Crippen LogP contribution in [0.3, 0.4) is 0 Å². The number of hydrogen-bond acceptors (Lipinski definition) is 6. The third-order valence-electron chi connectivity index (χ3n) is 6.29. The Morgan fingerprint density at radius 3 is 2.66 bits per heavy atom. The van der Waals surface area contributed by atoms with Gasteiger partial charge in [-0.05, 0) is 37.7 Å². The van der Waals surface area contributed by atoms with Crippen LogP contribution in [-0.2, 0) is 11.2 Å². The standard InChI is InChI=1S/C25H27F6N5O2/c1-35(14-25(29,30)31)8-2-7-32-23(38)18-11-36-13-24(27,28)12-34-19-16(9-15-3-5-17(26)6-4-15)10-33-20(21(19)36)22(18)37/h3-6,10,34,37H,2,7-9,11-14H2,1H3,(H,32,38). The van der Waals surface area contributed by atoms with E-state index in [1.165, 1.54) is 30.3 Å². The van der Waals surface area contributed by atoms with Crippen molar-refractivity contribution in [3.05, 3.63) is 58.7 Å². The number of nitrogens with zero attached hydrogens (tertiary/aromatic N) is 3. The first-order chi connectivity index (χ1) is 17.8. The molecule has 0 spiro atoms. The van der Waals surface area contributed by atoms with Crippen LogP contribution >= 0.6 is 0 Å². The number of aliphatic hydroxyl groups excluding tert-OH is 1. The number of rotatable bonds is 8. The highest BCUT2D eigenvalue weighted by Crippen LogP contribution is 2.43. The van der Waals surface area contributed by atoms with E-state index in [0.29, 0.717) is 11.3 Å². The van der Waals surface area contributed by atoms with Crippen LogP contribution in [0.15, 0.2) is 36.0 Å². The lowest BCUT2D eigenvalue weighted by molar-refractivity contribution is -0.143. The van der Waals surface area contributed by atoms with Gasteiger partial charge in [-0.1, -0.05) is 12.1 Å². The van der Waals surface area contributed by atoms with E-state index < -0.39 is 49.2 Å². The summed E-state index contributed by atoms with van der Waals surface area (Å²) < 4.78 is 80.0. The summed E-state index contributed by atoms with van der Waals surface area (Å²) in [6.07, 6.45) is -2.44. The number of aliphatic hydroxyl groups is 1. The van der Waals surface area contributed by atoms with E-state index in [1.807, 2.05) is 0 Å². The number of aromatic nitrogens is 1. The molecule has 3 heterocycles. The summed E-state index contributed by atoms with van der Waals surface area (Å²) in [5.74, 6) is -4.75. The first kappa shape index (κ1) is 27.6. The molecule has 38 heavy (non-hydrogen) atoms. The van der Waals surface area contributed by atoms with Crippen LogP contribution < -0.4 is 15.5 Å². The zero-order chi connectivity index (χ0) is 27.7. The Balaban J connectivity index is 1.55. The van der Waals surface area contributed by atoms with E-state index in [1.54, 1.807) is 12.1 Å². The maximum Gasteiger partial charge on any atom is 0.401 e. The van der Waals surface area contributed by atoms with Crippen molar-refractivity contribution in [1.82, 2.24) is 15.2 Å². The Hall–Kier alpha value is -3.48. The lowest BCUT2D eigenvalue weighted by atomic mass is 9.98. The van der Waals surface area contributed by atoms with E-state index in [0.717, 1.165) is 10.5 Å². The van der Waals surface area contributed by atoms with Gasteiger partial charge in [-0.2, -0.15) is 13.2 Å². The number of nitrogens with one attached hydrogen (secondary N) is 2. The van der Waals surface area contributed by atoms with Crippen molar-refractivity contribution in [2.45, 2.75) is 24.9 Å². The predicted octanol–water partition coefficient (Wildman–Crippen LogP) is 3.96. The molecule has 0 unspecified atom stereocenters. The third-order valence-corrected chi connectivity index (χ3v) is 6.29. The van der Waals surface area contributed by atoms with E-state index in [2.05, 4.69) is 15.6 Å². The predicted molar refractivity (Wildman–Crippen MR) is 130 cm³/mol. The number of anilines is 2. The van der Waals surface area contributed by atoms with E-state index in [-0.39, 0.29) is 49.4 Å². The summed E-state index contributed by atoms with van der Waals surface area (Å²) in [7, 11) is 1.31. The topological polar surface area (TPSA) is 80.7 Å². The molecule has 0 bridgehead atoms. The van der Waals surface area contributed by atoms with Crippen molar-refractivity contribution in [1.29, 1.82) is 0 Å². The molecule has 0 radical (unpaired) electrons. The molecule has 1 aromatic heterocycles. The zero-order valence-electron chi connectivity index (χ0n) is 20.5. The second kappa shape index (κ2) is 10.7. The lowest BCUT2D eigenvalue weighted by Gasteiger charge is -2.33. The molecule has 4 rings (SSSR count). The Labute approximate surface area is 215 Å². The normalized spacial score (nSPS) is 16.7. The van der Waals surface area contributed by atoms with Gasteiger partial charge in [0.05, 0.1) is 43.1 Å². The minimum Gasteiger partial charge on any atom is -0.505 e. The smallest absolute Gasteiger partial charge is 0.401 e. The molecular formula is C25H27F6N5O2. The second-order valence-electron chi connectivity index (χ2n) is 9.51. The van der Waals surface area contributed by atoms with E-state index in [4.69, 9.17) is 0 Å². The molecular weight excluding hydrogens is 516 g/mol.